The summed E-state index contributed by atoms with van der Waals surface area (Å²) in [5.74, 6) is -1.64. The zero-order chi connectivity index (χ0) is 22.7. The molecule has 2 aromatic carbocycles. The smallest absolute Gasteiger partial charge is 0.306 e. The molecule has 0 unspecified atom stereocenters. The molecule has 3 aromatic rings. The molecule has 1 aliphatic rings. The standard InChI is InChI=1S/C23H18ClN3O5/c24-15-9-10-18(25-12-15)26-19(28)13-32-20(29)8-3-11-27-22(30)16-6-1-4-14-5-2-7-17(21(14)16)23(27)31/h1-2,4-7,9-10,12H,3,8,11,13H2,(H,25,26,28). The number of rotatable bonds is 7. The lowest BCUT2D eigenvalue weighted by molar-refractivity contribution is -0.147. The molecule has 0 radical (unpaired) electrons. The Bertz CT molecular complexity index is 1180. The van der Waals surface area contributed by atoms with Gasteiger partial charge in [0.2, 0.25) is 0 Å². The normalized spacial score (nSPS) is 12.7. The SMILES string of the molecule is O=C(COC(=O)CCCN1C(=O)c2cccc3cccc(c23)C1=O)Nc1ccc(Cl)cn1. The molecule has 0 atom stereocenters. The molecule has 0 spiro atoms. The van der Waals surface area contributed by atoms with Gasteiger partial charge in [0.1, 0.15) is 5.82 Å². The number of imide groups is 1. The Balaban J connectivity index is 1.28. The van der Waals surface area contributed by atoms with Crippen molar-refractivity contribution in [3.63, 3.8) is 0 Å². The van der Waals surface area contributed by atoms with Crippen molar-refractivity contribution in [2.45, 2.75) is 12.8 Å². The van der Waals surface area contributed by atoms with Gasteiger partial charge < -0.3 is 10.1 Å². The van der Waals surface area contributed by atoms with Crippen LogP contribution in [0.1, 0.15) is 33.6 Å². The van der Waals surface area contributed by atoms with Gasteiger partial charge in [-0.05, 0) is 36.1 Å². The molecule has 1 aromatic heterocycles. The first-order valence-corrected chi connectivity index (χ1v) is 10.3. The third-order valence-electron chi connectivity index (χ3n) is 4.98. The molecule has 0 saturated heterocycles. The van der Waals surface area contributed by atoms with E-state index < -0.39 is 18.5 Å². The van der Waals surface area contributed by atoms with Crippen LogP contribution < -0.4 is 5.32 Å². The molecule has 0 fully saturated rings. The minimum atomic E-state index is -0.608. The minimum Gasteiger partial charge on any atom is -0.456 e. The van der Waals surface area contributed by atoms with Crippen molar-refractivity contribution in [1.29, 1.82) is 0 Å². The Kier molecular flexibility index (Phi) is 6.13. The van der Waals surface area contributed by atoms with Gasteiger partial charge in [-0.3, -0.25) is 24.1 Å². The van der Waals surface area contributed by atoms with Gasteiger partial charge in [-0.2, -0.15) is 0 Å². The van der Waals surface area contributed by atoms with E-state index in [-0.39, 0.29) is 37.0 Å². The number of benzene rings is 2. The molecule has 0 aliphatic carbocycles. The molecule has 0 saturated carbocycles. The summed E-state index contributed by atoms with van der Waals surface area (Å²) >= 11 is 5.73. The number of hydrogen-bond acceptors (Lipinski definition) is 6. The molecule has 1 aliphatic heterocycles. The molecule has 4 rings (SSSR count). The van der Waals surface area contributed by atoms with Crippen molar-refractivity contribution in [2.24, 2.45) is 0 Å². The summed E-state index contributed by atoms with van der Waals surface area (Å²) in [6.07, 6.45) is 1.55. The quantitative estimate of drug-likeness (QED) is 0.435. The monoisotopic (exact) mass is 451 g/mol. The Hall–Kier alpha value is -3.78. The fourth-order valence-corrected chi connectivity index (χ4v) is 3.62. The number of ether oxygens (including phenoxy) is 1. The van der Waals surface area contributed by atoms with Crippen LogP contribution in [0.5, 0.6) is 0 Å². The summed E-state index contributed by atoms with van der Waals surface area (Å²) in [4.78, 5) is 54.5. The number of nitrogens with one attached hydrogen (secondary N) is 1. The first kappa shape index (κ1) is 21.5. The van der Waals surface area contributed by atoms with Crippen LogP contribution >= 0.6 is 11.6 Å². The Morgan fingerprint density at radius 2 is 1.69 bits per heavy atom. The highest BCUT2D eigenvalue weighted by molar-refractivity contribution is 6.30. The van der Waals surface area contributed by atoms with Gasteiger partial charge in [0.15, 0.2) is 6.61 Å². The minimum absolute atomic E-state index is 0.0462. The van der Waals surface area contributed by atoms with Crippen molar-refractivity contribution >= 4 is 51.9 Å². The number of carbonyl (C=O) groups excluding carboxylic acids is 4. The molecular formula is C23H18ClN3O5. The third-order valence-corrected chi connectivity index (χ3v) is 5.20. The second-order valence-electron chi connectivity index (χ2n) is 7.15. The maximum Gasteiger partial charge on any atom is 0.306 e. The van der Waals surface area contributed by atoms with E-state index in [2.05, 4.69) is 10.3 Å². The number of aromatic nitrogens is 1. The van der Waals surface area contributed by atoms with Gasteiger partial charge in [0, 0.05) is 35.7 Å². The summed E-state index contributed by atoms with van der Waals surface area (Å²) in [6.45, 7) is -0.404. The Morgan fingerprint density at radius 1 is 1.00 bits per heavy atom. The zero-order valence-electron chi connectivity index (χ0n) is 16.8. The molecule has 162 valence electrons. The summed E-state index contributed by atoms with van der Waals surface area (Å²) in [5.41, 5.74) is 0.931. The zero-order valence-corrected chi connectivity index (χ0v) is 17.6. The van der Waals surface area contributed by atoms with E-state index in [9.17, 15) is 19.2 Å². The molecule has 9 heteroatoms. The van der Waals surface area contributed by atoms with Gasteiger partial charge in [-0.15, -0.1) is 0 Å². The Morgan fingerprint density at radius 3 is 2.31 bits per heavy atom. The van der Waals surface area contributed by atoms with Crippen LogP contribution in [0.25, 0.3) is 10.8 Å². The van der Waals surface area contributed by atoms with Crippen molar-refractivity contribution in [1.82, 2.24) is 9.88 Å². The number of carbonyl (C=O) groups is 4. The number of pyridine rings is 1. The maximum absolute atomic E-state index is 12.8. The summed E-state index contributed by atoms with van der Waals surface area (Å²) in [6, 6.07) is 13.7. The second kappa shape index (κ2) is 9.15. The average Bonchev–Trinajstić information content (AvgIpc) is 2.79. The van der Waals surface area contributed by atoms with Crippen LogP contribution in [0.3, 0.4) is 0 Å². The lowest BCUT2D eigenvalue weighted by atomic mass is 9.94. The van der Waals surface area contributed by atoms with Crippen molar-refractivity contribution in [2.75, 3.05) is 18.5 Å². The van der Waals surface area contributed by atoms with Gasteiger partial charge in [-0.25, -0.2) is 4.98 Å². The van der Waals surface area contributed by atoms with E-state index >= 15 is 0 Å². The van der Waals surface area contributed by atoms with Crippen molar-refractivity contribution in [3.05, 3.63) is 70.9 Å². The van der Waals surface area contributed by atoms with E-state index in [1.807, 2.05) is 12.1 Å². The fourth-order valence-electron chi connectivity index (χ4n) is 3.51. The predicted molar refractivity (Wildman–Crippen MR) is 117 cm³/mol. The highest BCUT2D eigenvalue weighted by Gasteiger charge is 2.32. The van der Waals surface area contributed by atoms with E-state index in [0.717, 1.165) is 10.3 Å². The van der Waals surface area contributed by atoms with Crippen LogP contribution in [0, 0.1) is 0 Å². The lowest BCUT2D eigenvalue weighted by Gasteiger charge is -2.27. The number of esters is 1. The molecule has 2 heterocycles. The van der Waals surface area contributed by atoms with Crippen LogP contribution in [-0.4, -0.2) is 46.7 Å². The van der Waals surface area contributed by atoms with Gasteiger partial charge in [-0.1, -0.05) is 35.9 Å². The van der Waals surface area contributed by atoms with E-state index in [4.69, 9.17) is 16.3 Å². The number of nitrogens with zero attached hydrogens (tertiary/aromatic N) is 2. The molecule has 3 amide bonds. The molecule has 32 heavy (non-hydrogen) atoms. The second-order valence-corrected chi connectivity index (χ2v) is 7.58. The number of amides is 3. The van der Waals surface area contributed by atoms with Crippen molar-refractivity contribution < 1.29 is 23.9 Å². The maximum atomic E-state index is 12.8. The van der Waals surface area contributed by atoms with E-state index in [1.54, 1.807) is 30.3 Å². The van der Waals surface area contributed by atoms with Gasteiger partial charge in [0.25, 0.3) is 17.7 Å². The fraction of sp³-hybridized carbons (Fsp3) is 0.174. The largest absolute Gasteiger partial charge is 0.456 e. The summed E-state index contributed by atoms with van der Waals surface area (Å²) in [5, 5.41) is 4.40. The third kappa shape index (κ3) is 4.45. The average molecular weight is 452 g/mol. The van der Waals surface area contributed by atoms with Crippen LogP contribution in [0.2, 0.25) is 5.02 Å². The highest BCUT2D eigenvalue weighted by atomic mass is 35.5. The van der Waals surface area contributed by atoms with Gasteiger partial charge >= 0.3 is 5.97 Å². The summed E-state index contributed by atoms with van der Waals surface area (Å²) < 4.78 is 4.95. The topological polar surface area (TPSA) is 106 Å². The lowest BCUT2D eigenvalue weighted by Crippen LogP contribution is -2.41. The summed E-state index contributed by atoms with van der Waals surface area (Å²) in [7, 11) is 0. The Labute approximate surface area is 188 Å². The van der Waals surface area contributed by atoms with Crippen LogP contribution in [0.4, 0.5) is 5.82 Å². The number of halogens is 1. The number of anilines is 1. The molecule has 8 nitrogen and oxygen atoms in total. The van der Waals surface area contributed by atoms with E-state index in [0.29, 0.717) is 21.5 Å². The molecular weight excluding hydrogens is 434 g/mol. The van der Waals surface area contributed by atoms with Crippen molar-refractivity contribution in [3.8, 4) is 0 Å². The predicted octanol–water partition coefficient (Wildman–Crippen LogP) is 3.45. The van der Waals surface area contributed by atoms with E-state index in [1.165, 1.54) is 12.3 Å². The molecule has 1 N–H and O–H groups in total. The number of hydrogen-bond donors (Lipinski definition) is 1. The first-order valence-electron chi connectivity index (χ1n) is 9.89. The van der Waals surface area contributed by atoms with Gasteiger partial charge in [0.05, 0.1) is 5.02 Å². The molecule has 0 bridgehead atoms. The van der Waals surface area contributed by atoms with Crippen LogP contribution in [-0.2, 0) is 14.3 Å². The highest BCUT2D eigenvalue weighted by Crippen LogP contribution is 2.30. The first-order chi connectivity index (χ1) is 15.4. The van der Waals surface area contributed by atoms with Crippen LogP contribution in [0.15, 0.2) is 54.7 Å².